The van der Waals surface area contributed by atoms with E-state index < -0.39 is 17.3 Å². The Morgan fingerprint density at radius 1 is 1.04 bits per heavy atom. The maximum absolute atomic E-state index is 12.4. The maximum atomic E-state index is 12.4. The number of carbonyl (C=O) groups is 3. The fourth-order valence-electron chi connectivity index (χ4n) is 1.89. The summed E-state index contributed by atoms with van der Waals surface area (Å²) >= 11 is 0. The number of carbonyl (C=O) groups excluding carboxylic acids is 3. The van der Waals surface area contributed by atoms with Crippen LogP contribution < -0.4 is 10.6 Å². The lowest BCUT2D eigenvalue weighted by Crippen LogP contribution is -2.45. The number of anilines is 1. The molecule has 0 aliphatic heterocycles. The number of hydrogen-bond donors (Lipinski definition) is 2. The van der Waals surface area contributed by atoms with Gasteiger partial charge in [-0.1, -0.05) is 13.3 Å². The maximum Gasteiger partial charge on any atom is 0.338 e. The van der Waals surface area contributed by atoms with Gasteiger partial charge in [0.05, 0.1) is 12.2 Å². The summed E-state index contributed by atoms with van der Waals surface area (Å²) in [5.41, 5.74) is -0.262. The summed E-state index contributed by atoms with van der Waals surface area (Å²) < 4.78 is 4.90. The third-order valence-corrected chi connectivity index (χ3v) is 3.61. The first-order valence-corrected chi connectivity index (χ1v) is 8.19. The average molecular weight is 334 g/mol. The van der Waals surface area contributed by atoms with Crippen molar-refractivity contribution in [3.63, 3.8) is 0 Å². The lowest BCUT2D eigenvalue weighted by atomic mass is 9.91. The monoisotopic (exact) mass is 334 g/mol. The van der Waals surface area contributed by atoms with Crippen molar-refractivity contribution >= 4 is 23.5 Å². The molecule has 0 bridgehead atoms. The van der Waals surface area contributed by atoms with Gasteiger partial charge in [0.2, 0.25) is 11.8 Å². The molecule has 0 unspecified atom stereocenters. The summed E-state index contributed by atoms with van der Waals surface area (Å²) in [6.07, 6.45) is 1.85. The van der Waals surface area contributed by atoms with Crippen LogP contribution in [-0.4, -0.2) is 30.9 Å². The Hall–Kier alpha value is -2.37. The van der Waals surface area contributed by atoms with Crippen LogP contribution >= 0.6 is 0 Å². The Morgan fingerprint density at radius 3 is 2.21 bits per heavy atom. The molecule has 2 amide bonds. The van der Waals surface area contributed by atoms with Crippen molar-refractivity contribution in [2.45, 2.75) is 40.5 Å². The second-order valence-electron chi connectivity index (χ2n) is 5.99. The number of rotatable bonds is 8. The number of ether oxygens (including phenoxy) is 1. The SMILES string of the molecule is CCCCNC(=O)C(C)(C)C(=O)Nc1ccc(C(=O)OCC)cc1. The smallest absolute Gasteiger partial charge is 0.338 e. The molecule has 1 aromatic rings. The van der Waals surface area contributed by atoms with E-state index in [0.717, 1.165) is 12.8 Å². The fourth-order valence-corrected chi connectivity index (χ4v) is 1.89. The molecular weight excluding hydrogens is 308 g/mol. The fraction of sp³-hybridized carbons (Fsp3) is 0.500. The molecule has 0 saturated carbocycles. The summed E-state index contributed by atoms with van der Waals surface area (Å²) in [6.45, 7) is 7.79. The molecule has 0 spiro atoms. The molecule has 0 radical (unpaired) electrons. The largest absolute Gasteiger partial charge is 0.462 e. The Bertz CT molecular complexity index is 579. The molecule has 0 aromatic heterocycles. The zero-order valence-corrected chi connectivity index (χ0v) is 14.8. The van der Waals surface area contributed by atoms with Gasteiger partial charge in [0.25, 0.3) is 0 Å². The van der Waals surface area contributed by atoms with E-state index in [1.165, 1.54) is 0 Å². The highest BCUT2D eigenvalue weighted by Crippen LogP contribution is 2.19. The molecule has 1 rings (SSSR count). The number of amides is 2. The molecule has 0 saturated heterocycles. The van der Waals surface area contributed by atoms with Crippen LogP contribution in [0.25, 0.3) is 0 Å². The topological polar surface area (TPSA) is 84.5 Å². The van der Waals surface area contributed by atoms with Crippen LogP contribution in [0.5, 0.6) is 0 Å². The standard InChI is InChI=1S/C18H26N2O4/c1-5-7-12-19-16(22)18(3,4)17(23)20-14-10-8-13(9-11-14)15(21)24-6-2/h8-11H,5-7,12H2,1-4H3,(H,19,22)(H,20,23). The summed E-state index contributed by atoms with van der Waals surface area (Å²) in [4.78, 5) is 36.1. The lowest BCUT2D eigenvalue weighted by Gasteiger charge is -2.22. The Morgan fingerprint density at radius 2 is 1.67 bits per heavy atom. The normalized spacial score (nSPS) is 10.8. The van der Waals surface area contributed by atoms with E-state index in [2.05, 4.69) is 10.6 Å². The van der Waals surface area contributed by atoms with E-state index in [1.54, 1.807) is 45.0 Å². The minimum Gasteiger partial charge on any atom is -0.462 e. The second kappa shape index (κ2) is 9.05. The molecule has 0 aliphatic carbocycles. The summed E-state index contributed by atoms with van der Waals surface area (Å²) in [7, 11) is 0. The van der Waals surface area contributed by atoms with E-state index >= 15 is 0 Å². The molecule has 0 fully saturated rings. The third-order valence-electron chi connectivity index (χ3n) is 3.61. The molecule has 0 aliphatic rings. The Kier molecular flexibility index (Phi) is 7.42. The molecule has 132 valence electrons. The van der Waals surface area contributed by atoms with Gasteiger partial charge in [-0.3, -0.25) is 9.59 Å². The number of unbranched alkanes of at least 4 members (excludes halogenated alkanes) is 1. The first kappa shape index (κ1) is 19.7. The summed E-state index contributed by atoms with van der Waals surface area (Å²) in [5, 5.41) is 5.47. The van der Waals surface area contributed by atoms with Gasteiger partial charge in [-0.15, -0.1) is 0 Å². The van der Waals surface area contributed by atoms with Crippen molar-refractivity contribution in [2.24, 2.45) is 5.41 Å². The molecule has 6 heteroatoms. The van der Waals surface area contributed by atoms with E-state index in [4.69, 9.17) is 4.74 Å². The highest BCUT2D eigenvalue weighted by atomic mass is 16.5. The Balaban J connectivity index is 2.68. The van der Waals surface area contributed by atoms with Gasteiger partial charge < -0.3 is 15.4 Å². The molecular formula is C18H26N2O4. The zero-order chi connectivity index (χ0) is 18.2. The molecule has 0 heterocycles. The molecule has 1 aromatic carbocycles. The van der Waals surface area contributed by atoms with Gasteiger partial charge in [0.1, 0.15) is 5.41 Å². The van der Waals surface area contributed by atoms with Crippen molar-refractivity contribution < 1.29 is 19.1 Å². The second-order valence-corrected chi connectivity index (χ2v) is 5.99. The van der Waals surface area contributed by atoms with Crippen molar-refractivity contribution in [2.75, 3.05) is 18.5 Å². The minimum absolute atomic E-state index is 0.304. The third kappa shape index (κ3) is 5.37. The van der Waals surface area contributed by atoms with Crippen LogP contribution in [0, 0.1) is 5.41 Å². The van der Waals surface area contributed by atoms with Gasteiger partial charge in [-0.25, -0.2) is 4.79 Å². The van der Waals surface area contributed by atoms with Crippen LogP contribution in [0.2, 0.25) is 0 Å². The van der Waals surface area contributed by atoms with Crippen LogP contribution in [0.15, 0.2) is 24.3 Å². The predicted molar refractivity (Wildman–Crippen MR) is 92.7 cm³/mol. The van der Waals surface area contributed by atoms with E-state index in [1.807, 2.05) is 6.92 Å². The van der Waals surface area contributed by atoms with E-state index in [0.29, 0.717) is 24.4 Å². The Labute approximate surface area is 143 Å². The van der Waals surface area contributed by atoms with Crippen LogP contribution in [-0.2, 0) is 14.3 Å². The van der Waals surface area contributed by atoms with Gasteiger partial charge in [0, 0.05) is 12.2 Å². The van der Waals surface area contributed by atoms with Crippen molar-refractivity contribution in [3.8, 4) is 0 Å². The number of esters is 1. The number of hydrogen-bond acceptors (Lipinski definition) is 4. The van der Waals surface area contributed by atoms with Gasteiger partial charge in [0.15, 0.2) is 0 Å². The predicted octanol–water partition coefficient (Wildman–Crippen LogP) is 2.74. The molecule has 6 nitrogen and oxygen atoms in total. The van der Waals surface area contributed by atoms with Crippen LogP contribution in [0.3, 0.4) is 0 Å². The van der Waals surface area contributed by atoms with Crippen LogP contribution in [0.1, 0.15) is 50.9 Å². The quantitative estimate of drug-likeness (QED) is 0.435. The summed E-state index contributed by atoms with van der Waals surface area (Å²) in [6, 6.07) is 6.36. The zero-order valence-electron chi connectivity index (χ0n) is 14.8. The van der Waals surface area contributed by atoms with Gasteiger partial charge in [-0.2, -0.15) is 0 Å². The minimum atomic E-state index is -1.19. The summed E-state index contributed by atoms with van der Waals surface area (Å²) in [5.74, 6) is -1.12. The highest BCUT2D eigenvalue weighted by Gasteiger charge is 2.35. The molecule has 2 N–H and O–H groups in total. The van der Waals surface area contributed by atoms with Crippen LogP contribution in [0.4, 0.5) is 5.69 Å². The number of benzene rings is 1. The molecule has 24 heavy (non-hydrogen) atoms. The van der Waals surface area contributed by atoms with E-state index in [-0.39, 0.29) is 5.91 Å². The lowest BCUT2D eigenvalue weighted by molar-refractivity contribution is -0.138. The van der Waals surface area contributed by atoms with E-state index in [9.17, 15) is 14.4 Å². The van der Waals surface area contributed by atoms with Crippen molar-refractivity contribution in [1.29, 1.82) is 0 Å². The van der Waals surface area contributed by atoms with Crippen molar-refractivity contribution in [1.82, 2.24) is 5.32 Å². The first-order chi connectivity index (χ1) is 11.3. The highest BCUT2D eigenvalue weighted by molar-refractivity contribution is 6.09. The van der Waals surface area contributed by atoms with Gasteiger partial charge in [-0.05, 0) is 51.5 Å². The average Bonchev–Trinajstić information content (AvgIpc) is 2.55. The van der Waals surface area contributed by atoms with Crippen molar-refractivity contribution in [3.05, 3.63) is 29.8 Å². The first-order valence-electron chi connectivity index (χ1n) is 8.19. The number of nitrogens with one attached hydrogen (secondary N) is 2. The van der Waals surface area contributed by atoms with Gasteiger partial charge >= 0.3 is 5.97 Å². The molecule has 0 atom stereocenters.